The van der Waals surface area contributed by atoms with E-state index in [1.807, 2.05) is 6.08 Å². The van der Waals surface area contributed by atoms with Crippen LogP contribution in [0.5, 0.6) is 0 Å². The fourth-order valence-corrected chi connectivity index (χ4v) is 2.94. The van der Waals surface area contributed by atoms with Gasteiger partial charge in [-0.2, -0.15) is 0 Å². The zero-order chi connectivity index (χ0) is 9.80. The average Bonchev–Trinajstić information content (AvgIpc) is 2.85. The molecule has 0 radical (unpaired) electrons. The largest absolute Gasteiger partial charge is 0.392 e. The van der Waals surface area contributed by atoms with Crippen LogP contribution in [0, 0.1) is 0 Å². The molecule has 2 rings (SSSR count). The number of hydrogen-bond donors (Lipinski definition) is 1. The summed E-state index contributed by atoms with van der Waals surface area (Å²) < 4.78 is 0. The number of thiophene rings is 2. The van der Waals surface area contributed by atoms with Crippen molar-refractivity contribution in [3.05, 3.63) is 40.6 Å². The maximum atomic E-state index is 8.64. The molecule has 0 aliphatic carbocycles. The monoisotopic (exact) mass is 222 g/mol. The minimum atomic E-state index is 0.103. The van der Waals surface area contributed by atoms with Gasteiger partial charge in [0.1, 0.15) is 0 Å². The van der Waals surface area contributed by atoms with E-state index in [2.05, 4.69) is 29.6 Å². The molecule has 14 heavy (non-hydrogen) atoms. The first-order valence-corrected chi connectivity index (χ1v) is 6.01. The van der Waals surface area contributed by atoms with Gasteiger partial charge in [-0.05, 0) is 29.7 Å². The first-order valence-electron chi connectivity index (χ1n) is 4.31. The quantitative estimate of drug-likeness (QED) is 0.843. The Hall–Kier alpha value is -0.900. The van der Waals surface area contributed by atoms with Gasteiger partial charge in [-0.25, -0.2) is 0 Å². The van der Waals surface area contributed by atoms with Crippen LogP contribution in [0.25, 0.3) is 15.8 Å². The molecule has 0 aromatic carbocycles. The number of hydrogen-bond acceptors (Lipinski definition) is 3. The topological polar surface area (TPSA) is 20.2 Å². The molecule has 72 valence electrons. The van der Waals surface area contributed by atoms with E-state index >= 15 is 0 Å². The molecule has 0 atom stereocenters. The normalized spacial score (nSPS) is 11.2. The van der Waals surface area contributed by atoms with E-state index in [-0.39, 0.29) is 6.61 Å². The highest BCUT2D eigenvalue weighted by molar-refractivity contribution is 7.21. The molecule has 0 bridgehead atoms. The summed E-state index contributed by atoms with van der Waals surface area (Å²) in [5.74, 6) is 0. The first kappa shape index (κ1) is 9.65. The van der Waals surface area contributed by atoms with Crippen LogP contribution >= 0.6 is 22.7 Å². The van der Waals surface area contributed by atoms with Gasteiger partial charge in [0.15, 0.2) is 0 Å². The lowest BCUT2D eigenvalue weighted by atomic mass is 10.3. The van der Waals surface area contributed by atoms with Gasteiger partial charge in [-0.1, -0.05) is 12.1 Å². The van der Waals surface area contributed by atoms with Gasteiger partial charge in [0.2, 0.25) is 0 Å². The van der Waals surface area contributed by atoms with E-state index in [1.165, 1.54) is 14.6 Å². The van der Waals surface area contributed by atoms with Gasteiger partial charge in [0.05, 0.1) is 6.61 Å². The van der Waals surface area contributed by atoms with Crippen molar-refractivity contribution in [1.29, 1.82) is 0 Å². The van der Waals surface area contributed by atoms with Gasteiger partial charge in [0, 0.05) is 14.6 Å². The molecule has 0 saturated carbocycles. The van der Waals surface area contributed by atoms with Crippen molar-refractivity contribution >= 4 is 28.7 Å². The van der Waals surface area contributed by atoms with Gasteiger partial charge >= 0.3 is 0 Å². The van der Waals surface area contributed by atoms with Crippen molar-refractivity contribution in [2.75, 3.05) is 6.61 Å². The lowest BCUT2D eigenvalue weighted by molar-refractivity contribution is 0.343. The minimum absolute atomic E-state index is 0.103. The van der Waals surface area contributed by atoms with E-state index in [0.29, 0.717) is 0 Å². The van der Waals surface area contributed by atoms with Gasteiger partial charge in [-0.15, -0.1) is 22.7 Å². The van der Waals surface area contributed by atoms with Crippen molar-refractivity contribution in [2.24, 2.45) is 0 Å². The molecule has 2 aromatic rings. The van der Waals surface area contributed by atoms with Crippen molar-refractivity contribution in [1.82, 2.24) is 0 Å². The van der Waals surface area contributed by atoms with E-state index in [0.717, 1.165) is 0 Å². The highest BCUT2D eigenvalue weighted by atomic mass is 32.1. The van der Waals surface area contributed by atoms with Crippen LogP contribution in [-0.4, -0.2) is 11.7 Å². The van der Waals surface area contributed by atoms with Crippen LogP contribution in [-0.2, 0) is 0 Å². The maximum absolute atomic E-state index is 8.64. The molecule has 3 heteroatoms. The Morgan fingerprint density at radius 3 is 2.86 bits per heavy atom. The standard InChI is InChI=1S/C11H10OS2/c12-7-1-3-9-5-6-11(14-9)10-4-2-8-13-10/h1-6,8,12H,7H2. The predicted molar refractivity (Wildman–Crippen MR) is 63.8 cm³/mol. The number of aliphatic hydroxyl groups excluding tert-OH is 1. The summed E-state index contributed by atoms with van der Waals surface area (Å²) in [6.45, 7) is 0.103. The third kappa shape index (κ3) is 2.12. The average molecular weight is 222 g/mol. The Balaban J connectivity index is 2.22. The molecule has 0 amide bonds. The van der Waals surface area contributed by atoms with Crippen LogP contribution in [0.2, 0.25) is 0 Å². The van der Waals surface area contributed by atoms with E-state index < -0.39 is 0 Å². The molecular weight excluding hydrogens is 212 g/mol. The second-order valence-corrected chi connectivity index (χ2v) is 4.83. The summed E-state index contributed by atoms with van der Waals surface area (Å²) in [5.41, 5.74) is 0. The van der Waals surface area contributed by atoms with Crippen LogP contribution < -0.4 is 0 Å². The highest BCUT2D eigenvalue weighted by Crippen LogP contribution is 2.31. The Morgan fingerprint density at radius 2 is 2.14 bits per heavy atom. The lowest BCUT2D eigenvalue weighted by Gasteiger charge is -1.87. The molecule has 0 unspecified atom stereocenters. The fraction of sp³-hybridized carbons (Fsp3) is 0.0909. The second-order valence-electron chi connectivity index (χ2n) is 2.76. The Labute approximate surface area is 91.0 Å². The van der Waals surface area contributed by atoms with E-state index in [9.17, 15) is 0 Å². The smallest absolute Gasteiger partial charge is 0.0615 e. The van der Waals surface area contributed by atoms with Crippen molar-refractivity contribution in [2.45, 2.75) is 0 Å². The third-order valence-electron chi connectivity index (χ3n) is 1.78. The van der Waals surface area contributed by atoms with Crippen LogP contribution in [0.15, 0.2) is 35.7 Å². The summed E-state index contributed by atoms with van der Waals surface area (Å²) in [6, 6.07) is 8.37. The molecule has 1 N–H and O–H groups in total. The van der Waals surface area contributed by atoms with E-state index in [1.54, 1.807) is 28.7 Å². The molecule has 1 nitrogen and oxygen atoms in total. The van der Waals surface area contributed by atoms with Gasteiger partial charge < -0.3 is 5.11 Å². The fourth-order valence-electron chi connectivity index (χ4n) is 1.16. The Kier molecular flexibility index (Phi) is 3.14. The summed E-state index contributed by atoms with van der Waals surface area (Å²) >= 11 is 3.49. The minimum Gasteiger partial charge on any atom is -0.392 e. The molecule has 0 saturated heterocycles. The summed E-state index contributed by atoms with van der Waals surface area (Å²) in [4.78, 5) is 3.78. The summed E-state index contributed by atoms with van der Waals surface area (Å²) in [5, 5.41) is 10.7. The zero-order valence-corrected chi connectivity index (χ0v) is 9.15. The lowest BCUT2D eigenvalue weighted by Crippen LogP contribution is -1.68. The summed E-state index contributed by atoms with van der Waals surface area (Å²) in [6.07, 6.45) is 3.70. The molecule has 0 spiro atoms. The molecular formula is C11H10OS2. The molecule has 0 aliphatic heterocycles. The van der Waals surface area contributed by atoms with Crippen LogP contribution in [0.3, 0.4) is 0 Å². The first-order chi connectivity index (χ1) is 6.90. The van der Waals surface area contributed by atoms with Gasteiger partial charge in [0.25, 0.3) is 0 Å². The van der Waals surface area contributed by atoms with Crippen molar-refractivity contribution in [3.63, 3.8) is 0 Å². The molecule has 0 fully saturated rings. The van der Waals surface area contributed by atoms with E-state index in [4.69, 9.17) is 5.11 Å². The van der Waals surface area contributed by atoms with Crippen LogP contribution in [0.4, 0.5) is 0 Å². The molecule has 2 aromatic heterocycles. The third-order valence-corrected chi connectivity index (χ3v) is 3.89. The predicted octanol–water partition coefficient (Wildman–Crippen LogP) is 3.48. The van der Waals surface area contributed by atoms with Crippen molar-refractivity contribution < 1.29 is 5.11 Å². The molecule has 2 heterocycles. The van der Waals surface area contributed by atoms with Crippen LogP contribution in [0.1, 0.15) is 4.88 Å². The SMILES string of the molecule is OCC=Cc1ccc(-c2cccs2)s1. The number of aliphatic hydroxyl groups is 1. The highest BCUT2D eigenvalue weighted by Gasteiger charge is 2.00. The summed E-state index contributed by atoms with van der Waals surface area (Å²) in [7, 11) is 0. The Bertz CT molecular complexity index is 412. The maximum Gasteiger partial charge on any atom is 0.0615 e. The number of rotatable bonds is 3. The van der Waals surface area contributed by atoms with Crippen molar-refractivity contribution in [3.8, 4) is 9.75 Å². The molecule has 0 aliphatic rings. The Morgan fingerprint density at radius 1 is 1.21 bits per heavy atom. The van der Waals surface area contributed by atoms with Gasteiger partial charge in [-0.3, -0.25) is 0 Å². The zero-order valence-electron chi connectivity index (χ0n) is 7.51. The second kappa shape index (κ2) is 4.55.